The van der Waals surface area contributed by atoms with Crippen LogP contribution >= 0.6 is 22.6 Å². The van der Waals surface area contributed by atoms with Crippen LogP contribution in [0.1, 0.15) is 0 Å². The summed E-state index contributed by atoms with van der Waals surface area (Å²) in [4.78, 5) is 6.26. The van der Waals surface area contributed by atoms with Gasteiger partial charge < -0.3 is 4.90 Å². The van der Waals surface area contributed by atoms with Gasteiger partial charge in [0, 0.05) is 28.4 Å². The lowest BCUT2D eigenvalue weighted by molar-refractivity contribution is 0.638. The first-order valence-electron chi connectivity index (χ1n) is 5.17. The van der Waals surface area contributed by atoms with E-state index in [1.54, 1.807) is 12.4 Å². The fourth-order valence-corrected chi connectivity index (χ4v) is 2.29. The van der Waals surface area contributed by atoms with Crippen molar-refractivity contribution in [2.75, 3.05) is 14.1 Å². The third-order valence-corrected chi connectivity index (χ3v) is 3.16. The van der Waals surface area contributed by atoms with Crippen molar-refractivity contribution in [2.24, 2.45) is 4.99 Å². The van der Waals surface area contributed by atoms with Crippen LogP contribution in [0.2, 0.25) is 0 Å². The second-order valence-corrected chi connectivity index (χ2v) is 5.10. The van der Waals surface area contributed by atoms with Crippen molar-refractivity contribution in [3.8, 4) is 0 Å². The van der Waals surface area contributed by atoms with Crippen molar-refractivity contribution in [2.45, 2.75) is 0 Å². The molecule has 0 aliphatic carbocycles. The van der Waals surface area contributed by atoms with Crippen LogP contribution in [0, 0.1) is 9.39 Å². The first-order chi connectivity index (χ1) is 8.09. The lowest BCUT2D eigenvalue weighted by Gasteiger charge is -2.08. The zero-order valence-electron chi connectivity index (χ0n) is 9.61. The van der Waals surface area contributed by atoms with Gasteiger partial charge in [-0.05, 0) is 28.7 Å². The summed E-state index contributed by atoms with van der Waals surface area (Å²) in [5, 5.41) is 1.45. The molecule has 0 saturated heterocycles. The molecule has 2 nitrogen and oxygen atoms in total. The fraction of sp³-hybridized carbons (Fsp3) is 0.154. The first-order valence-corrected chi connectivity index (χ1v) is 6.25. The fourth-order valence-electron chi connectivity index (χ4n) is 1.59. The molecule has 0 bridgehead atoms. The van der Waals surface area contributed by atoms with Crippen molar-refractivity contribution in [3.63, 3.8) is 0 Å². The van der Waals surface area contributed by atoms with Gasteiger partial charge in [0.05, 0.1) is 12.0 Å². The maximum atomic E-state index is 13.8. The second-order valence-electron chi connectivity index (χ2n) is 3.94. The molecule has 0 unspecified atom stereocenters. The average molecular weight is 342 g/mol. The Morgan fingerprint density at radius 2 is 1.88 bits per heavy atom. The number of halogens is 2. The zero-order chi connectivity index (χ0) is 12.4. The number of rotatable bonds is 2. The number of aliphatic imine (C=N–C) groups is 1. The van der Waals surface area contributed by atoms with E-state index in [2.05, 4.69) is 27.6 Å². The van der Waals surface area contributed by atoms with E-state index in [1.165, 1.54) is 6.07 Å². The minimum atomic E-state index is -0.200. The number of fused-ring (bicyclic) bond motifs is 1. The van der Waals surface area contributed by atoms with Crippen LogP contribution in [0.15, 0.2) is 35.3 Å². The third kappa shape index (κ3) is 2.57. The highest BCUT2D eigenvalue weighted by atomic mass is 127. The Balaban J connectivity index is 2.69. The predicted octanol–water partition coefficient (Wildman–Crippen LogP) is 3.80. The topological polar surface area (TPSA) is 15.6 Å². The average Bonchev–Trinajstić information content (AvgIpc) is 2.28. The molecule has 2 aromatic carbocycles. The van der Waals surface area contributed by atoms with E-state index in [0.29, 0.717) is 5.39 Å². The molecule has 2 aromatic rings. The van der Waals surface area contributed by atoms with Crippen molar-refractivity contribution in [3.05, 3.63) is 39.7 Å². The largest absolute Gasteiger partial charge is 0.369 e. The van der Waals surface area contributed by atoms with Gasteiger partial charge in [-0.25, -0.2) is 9.38 Å². The summed E-state index contributed by atoms with van der Waals surface area (Å²) in [5.41, 5.74) is 0.816. The van der Waals surface area contributed by atoms with Crippen LogP contribution in [-0.4, -0.2) is 25.3 Å². The van der Waals surface area contributed by atoms with Crippen LogP contribution in [-0.2, 0) is 0 Å². The smallest absolute Gasteiger partial charge is 0.132 e. The van der Waals surface area contributed by atoms with Crippen molar-refractivity contribution in [1.29, 1.82) is 0 Å². The van der Waals surface area contributed by atoms with E-state index in [9.17, 15) is 4.39 Å². The minimum Gasteiger partial charge on any atom is -0.369 e. The van der Waals surface area contributed by atoms with Crippen LogP contribution in [0.4, 0.5) is 10.1 Å². The molecular weight excluding hydrogens is 330 g/mol. The van der Waals surface area contributed by atoms with Gasteiger partial charge in [-0.15, -0.1) is 0 Å². The van der Waals surface area contributed by atoms with Gasteiger partial charge in [0.15, 0.2) is 0 Å². The van der Waals surface area contributed by atoms with Crippen molar-refractivity contribution < 1.29 is 4.39 Å². The van der Waals surface area contributed by atoms with Gasteiger partial charge in [0.2, 0.25) is 0 Å². The summed E-state index contributed by atoms with van der Waals surface area (Å²) in [6.45, 7) is 0. The molecule has 0 aromatic heterocycles. The van der Waals surface area contributed by atoms with Crippen LogP contribution < -0.4 is 0 Å². The highest BCUT2D eigenvalue weighted by Crippen LogP contribution is 2.32. The SMILES string of the molecule is CN(C)C=Nc1c(I)cc(F)c2ccccc12. The van der Waals surface area contributed by atoms with E-state index in [0.717, 1.165) is 14.6 Å². The van der Waals surface area contributed by atoms with Crippen LogP contribution in [0.5, 0.6) is 0 Å². The Morgan fingerprint density at radius 1 is 1.24 bits per heavy atom. The molecule has 17 heavy (non-hydrogen) atoms. The van der Waals surface area contributed by atoms with E-state index in [1.807, 2.05) is 37.2 Å². The summed E-state index contributed by atoms with van der Waals surface area (Å²) >= 11 is 2.11. The zero-order valence-corrected chi connectivity index (χ0v) is 11.8. The molecule has 0 atom stereocenters. The molecule has 0 heterocycles. The highest BCUT2D eigenvalue weighted by Gasteiger charge is 2.08. The molecule has 0 spiro atoms. The number of benzene rings is 2. The molecule has 0 radical (unpaired) electrons. The third-order valence-electron chi connectivity index (χ3n) is 2.34. The molecule has 0 fully saturated rings. The Labute approximate surface area is 113 Å². The quantitative estimate of drug-likeness (QED) is 0.460. The monoisotopic (exact) mass is 342 g/mol. The first kappa shape index (κ1) is 12.3. The van der Waals surface area contributed by atoms with E-state index >= 15 is 0 Å². The predicted molar refractivity (Wildman–Crippen MR) is 78.5 cm³/mol. The van der Waals surface area contributed by atoms with Crippen molar-refractivity contribution >= 4 is 45.4 Å². The Bertz CT molecular complexity index is 579. The van der Waals surface area contributed by atoms with Crippen LogP contribution in [0.25, 0.3) is 10.8 Å². The molecule has 2 rings (SSSR count). The van der Waals surface area contributed by atoms with Gasteiger partial charge in [-0.2, -0.15) is 0 Å². The standard InChI is InChI=1S/C13H12FIN2/c1-17(2)8-16-13-10-6-4-3-5-9(10)11(14)7-12(13)15/h3-8H,1-2H3. The molecule has 0 aliphatic heterocycles. The molecular formula is C13H12FIN2. The maximum Gasteiger partial charge on any atom is 0.132 e. The van der Waals surface area contributed by atoms with E-state index < -0.39 is 0 Å². The summed E-state index contributed by atoms with van der Waals surface area (Å²) < 4.78 is 14.6. The molecule has 0 amide bonds. The second kappa shape index (κ2) is 5.00. The van der Waals surface area contributed by atoms with E-state index in [4.69, 9.17) is 0 Å². The van der Waals surface area contributed by atoms with Gasteiger partial charge in [0.1, 0.15) is 5.82 Å². The van der Waals surface area contributed by atoms with E-state index in [-0.39, 0.29) is 5.82 Å². The summed E-state index contributed by atoms with van der Waals surface area (Å²) in [5.74, 6) is -0.200. The van der Waals surface area contributed by atoms with Gasteiger partial charge in [-0.1, -0.05) is 24.3 Å². The molecule has 4 heteroatoms. The molecule has 0 saturated carbocycles. The van der Waals surface area contributed by atoms with Crippen LogP contribution in [0.3, 0.4) is 0 Å². The van der Waals surface area contributed by atoms with Gasteiger partial charge >= 0.3 is 0 Å². The maximum absolute atomic E-state index is 13.8. The Hall–Kier alpha value is -1.17. The minimum absolute atomic E-state index is 0.200. The molecule has 0 N–H and O–H groups in total. The van der Waals surface area contributed by atoms with Crippen molar-refractivity contribution in [1.82, 2.24) is 4.90 Å². The summed E-state index contributed by atoms with van der Waals surface area (Å²) in [6.07, 6.45) is 1.72. The molecule has 0 aliphatic rings. The lowest BCUT2D eigenvalue weighted by Crippen LogP contribution is -2.07. The Morgan fingerprint density at radius 3 is 2.53 bits per heavy atom. The normalized spacial score (nSPS) is 11.3. The number of nitrogens with zero attached hydrogens (tertiary/aromatic N) is 2. The van der Waals surface area contributed by atoms with Gasteiger partial charge in [-0.3, -0.25) is 0 Å². The summed E-state index contributed by atoms with van der Waals surface area (Å²) in [6, 6.07) is 8.91. The summed E-state index contributed by atoms with van der Waals surface area (Å²) in [7, 11) is 3.81. The van der Waals surface area contributed by atoms with Gasteiger partial charge in [0.25, 0.3) is 0 Å². The lowest BCUT2D eigenvalue weighted by atomic mass is 10.1. The number of hydrogen-bond donors (Lipinski definition) is 0. The number of hydrogen-bond acceptors (Lipinski definition) is 1. The molecule has 88 valence electrons. The highest BCUT2D eigenvalue weighted by molar-refractivity contribution is 14.1. The Kier molecular flexibility index (Phi) is 3.61.